The summed E-state index contributed by atoms with van der Waals surface area (Å²) < 4.78 is 0.702. The lowest BCUT2D eigenvalue weighted by atomic mass is 9.96. The molecule has 200 valence electrons. The SMILES string of the molecule is O=C(NO)c1cnc(N2CCC(CNC(=O)c3cc(Cc4n[nH]c(=O)c5ccccc45)ccc3Br)CC2)nc1. The molecule has 2 amide bonds. The second kappa shape index (κ2) is 11.7. The molecule has 1 saturated heterocycles. The number of hydroxylamine groups is 1. The molecule has 2 aromatic carbocycles. The maximum Gasteiger partial charge on any atom is 0.277 e. The fourth-order valence-electron chi connectivity index (χ4n) is 4.69. The predicted molar refractivity (Wildman–Crippen MR) is 148 cm³/mol. The van der Waals surface area contributed by atoms with Crippen LogP contribution in [0.3, 0.4) is 0 Å². The first-order valence-corrected chi connectivity index (χ1v) is 13.3. The molecule has 11 nitrogen and oxygen atoms in total. The van der Waals surface area contributed by atoms with Gasteiger partial charge in [0.1, 0.15) is 0 Å². The highest BCUT2D eigenvalue weighted by Crippen LogP contribution is 2.23. The molecule has 1 aliphatic heterocycles. The number of nitrogens with one attached hydrogen (secondary N) is 3. The number of anilines is 1. The number of nitrogens with zero attached hydrogens (tertiary/aromatic N) is 4. The van der Waals surface area contributed by atoms with Gasteiger partial charge in [0.05, 0.1) is 22.2 Å². The van der Waals surface area contributed by atoms with Crippen molar-refractivity contribution in [2.75, 3.05) is 24.5 Å². The third-order valence-corrected chi connectivity index (χ3v) is 7.56. The van der Waals surface area contributed by atoms with Gasteiger partial charge in [-0.05, 0) is 58.5 Å². The number of hydrogen-bond acceptors (Lipinski definition) is 8. The summed E-state index contributed by atoms with van der Waals surface area (Å²) in [5, 5.41) is 20.0. The molecule has 0 saturated carbocycles. The van der Waals surface area contributed by atoms with E-state index in [1.807, 2.05) is 41.3 Å². The Morgan fingerprint density at radius 3 is 2.49 bits per heavy atom. The molecule has 0 aliphatic carbocycles. The number of H-pyrrole nitrogens is 1. The molecule has 12 heteroatoms. The van der Waals surface area contributed by atoms with Crippen LogP contribution in [-0.4, -0.2) is 56.8 Å². The largest absolute Gasteiger partial charge is 0.352 e. The van der Waals surface area contributed by atoms with Crippen LogP contribution in [0.1, 0.15) is 44.8 Å². The molecule has 0 bridgehead atoms. The quantitative estimate of drug-likeness (QED) is 0.189. The van der Waals surface area contributed by atoms with E-state index in [0.29, 0.717) is 40.3 Å². The molecule has 0 unspecified atom stereocenters. The summed E-state index contributed by atoms with van der Waals surface area (Å²) in [4.78, 5) is 47.1. The molecule has 5 rings (SSSR count). The van der Waals surface area contributed by atoms with E-state index in [9.17, 15) is 14.4 Å². The molecule has 1 aliphatic rings. The van der Waals surface area contributed by atoms with Crippen LogP contribution in [0.4, 0.5) is 5.95 Å². The van der Waals surface area contributed by atoms with Gasteiger partial charge in [-0.25, -0.2) is 20.5 Å². The summed E-state index contributed by atoms with van der Waals surface area (Å²) in [5.74, 6) is 0.0158. The molecule has 39 heavy (non-hydrogen) atoms. The van der Waals surface area contributed by atoms with Crippen molar-refractivity contribution >= 4 is 44.5 Å². The van der Waals surface area contributed by atoms with E-state index in [-0.39, 0.29) is 17.0 Å². The van der Waals surface area contributed by atoms with Gasteiger partial charge in [0.2, 0.25) is 5.95 Å². The fourth-order valence-corrected chi connectivity index (χ4v) is 5.12. The van der Waals surface area contributed by atoms with Crippen molar-refractivity contribution in [2.24, 2.45) is 5.92 Å². The van der Waals surface area contributed by atoms with Gasteiger partial charge in [0, 0.05) is 48.3 Å². The summed E-state index contributed by atoms with van der Waals surface area (Å²) in [7, 11) is 0. The van der Waals surface area contributed by atoms with Crippen LogP contribution in [0.5, 0.6) is 0 Å². The van der Waals surface area contributed by atoms with Gasteiger partial charge in [-0.15, -0.1) is 0 Å². The van der Waals surface area contributed by atoms with E-state index >= 15 is 0 Å². The molecule has 2 aromatic heterocycles. The molecule has 3 heterocycles. The number of carbonyl (C=O) groups is 2. The minimum atomic E-state index is -0.658. The molecule has 0 atom stereocenters. The Bertz CT molecular complexity index is 1570. The van der Waals surface area contributed by atoms with Gasteiger partial charge >= 0.3 is 0 Å². The van der Waals surface area contributed by atoms with Crippen LogP contribution < -0.4 is 21.3 Å². The molecular weight excluding hydrogens is 566 g/mol. The molecular formula is C27H26BrN7O4. The second-order valence-electron chi connectivity index (χ2n) is 9.39. The third kappa shape index (κ3) is 5.96. The van der Waals surface area contributed by atoms with Crippen molar-refractivity contribution in [2.45, 2.75) is 19.3 Å². The number of rotatable bonds is 7. The van der Waals surface area contributed by atoms with Crippen molar-refractivity contribution in [3.63, 3.8) is 0 Å². The topological polar surface area (TPSA) is 153 Å². The molecule has 4 N–H and O–H groups in total. The number of halogens is 1. The van der Waals surface area contributed by atoms with Crippen molar-refractivity contribution < 1.29 is 14.8 Å². The number of fused-ring (bicyclic) bond motifs is 1. The average molecular weight is 592 g/mol. The number of benzene rings is 2. The zero-order valence-corrected chi connectivity index (χ0v) is 22.4. The van der Waals surface area contributed by atoms with Crippen LogP contribution in [-0.2, 0) is 6.42 Å². The van der Waals surface area contributed by atoms with Gasteiger partial charge < -0.3 is 10.2 Å². The lowest BCUT2D eigenvalue weighted by Gasteiger charge is -2.32. The van der Waals surface area contributed by atoms with Crippen molar-refractivity contribution in [1.82, 2.24) is 31.0 Å². The van der Waals surface area contributed by atoms with Crippen molar-refractivity contribution in [3.05, 3.63) is 92.1 Å². The molecule has 0 spiro atoms. The average Bonchev–Trinajstić information content (AvgIpc) is 2.98. The monoisotopic (exact) mass is 591 g/mol. The highest BCUT2D eigenvalue weighted by molar-refractivity contribution is 9.10. The van der Waals surface area contributed by atoms with E-state index in [4.69, 9.17) is 5.21 Å². The Morgan fingerprint density at radius 2 is 1.77 bits per heavy atom. The van der Waals surface area contributed by atoms with E-state index in [1.165, 1.54) is 12.4 Å². The first-order valence-electron chi connectivity index (χ1n) is 12.5. The van der Waals surface area contributed by atoms with Crippen LogP contribution in [0.2, 0.25) is 0 Å². The lowest BCUT2D eigenvalue weighted by Crippen LogP contribution is -2.39. The Morgan fingerprint density at radius 1 is 1.05 bits per heavy atom. The van der Waals surface area contributed by atoms with Crippen molar-refractivity contribution in [1.29, 1.82) is 0 Å². The number of carbonyl (C=O) groups excluding carboxylic acids is 2. The first-order chi connectivity index (χ1) is 18.9. The highest BCUT2D eigenvalue weighted by atomic mass is 79.9. The predicted octanol–water partition coefficient (Wildman–Crippen LogP) is 2.83. The second-order valence-corrected chi connectivity index (χ2v) is 10.2. The Balaban J connectivity index is 1.18. The van der Waals surface area contributed by atoms with E-state index < -0.39 is 5.91 Å². The van der Waals surface area contributed by atoms with Gasteiger partial charge in [0.25, 0.3) is 17.4 Å². The Labute approximate surface area is 231 Å². The van der Waals surface area contributed by atoms with Gasteiger partial charge in [-0.2, -0.15) is 5.10 Å². The van der Waals surface area contributed by atoms with E-state index in [2.05, 4.69) is 41.4 Å². The molecule has 4 aromatic rings. The fraction of sp³-hybridized carbons (Fsp3) is 0.259. The smallest absolute Gasteiger partial charge is 0.277 e. The van der Waals surface area contributed by atoms with Crippen LogP contribution in [0, 0.1) is 5.92 Å². The van der Waals surface area contributed by atoms with Crippen LogP contribution in [0.25, 0.3) is 10.8 Å². The summed E-state index contributed by atoms with van der Waals surface area (Å²) >= 11 is 3.50. The molecule has 1 fully saturated rings. The highest BCUT2D eigenvalue weighted by Gasteiger charge is 2.22. The van der Waals surface area contributed by atoms with E-state index in [1.54, 1.807) is 11.5 Å². The summed E-state index contributed by atoms with van der Waals surface area (Å²) in [5.41, 5.74) is 3.70. The zero-order valence-electron chi connectivity index (χ0n) is 20.9. The minimum absolute atomic E-state index is 0.161. The first kappa shape index (κ1) is 26.4. The van der Waals surface area contributed by atoms with Gasteiger partial charge in [0.15, 0.2) is 0 Å². The van der Waals surface area contributed by atoms with Crippen LogP contribution in [0.15, 0.2) is 64.1 Å². The van der Waals surface area contributed by atoms with E-state index in [0.717, 1.165) is 42.6 Å². The lowest BCUT2D eigenvalue weighted by molar-refractivity contribution is 0.0705. The maximum absolute atomic E-state index is 13.1. The third-order valence-electron chi connectivity index (χ3n) is 6.87. The Kier molecular flexibility index (Phi) is 7.94. The minimum Gasteiger partial charge on any atom is -0.352 e. The standard InChI is InChI=1S/C27H26BrN7O4/c28-22-6-5-17(12-23-19-3-1-2-4-20(19)26(38)33-32-23)11-21(22)25(37)29-13-16-7-9-35(10-8-16)27-30-14-18(15-31-27)24(36)34-39/h1-6,11,14-16,39H,7-10,12-13H2,(H,29,37)(H,33,38)(H,34,36). The number of aromatic amines is 1. The molecule has 0 radical (unpaired) electrons. The number of amides is 2. The Hall–Kier alpha value is -4.16. The summed E-state index contributed by atoms with van der Waals surface area (Å²) in [6, 6.07) is 13.0. The van der Waals surface area contributed by atoms with Gasteiger partial charge in [-0.3, -0.25) is 19.6 Å². The van der Waals surface area contributed by atoms with Crippen LogP contribution >= 0.6 is 15.9 Å². The number of hydrogen-bond donors (Lipinski definition) is 4. The van der Waals surface area contributed by atoms with Crippen molar-refractivity contribution in [3.8, 4) is 0 Å². The zero-order chi connectivity index (χ0) is 27.4. The maximum atomic E-state index is 13.1. The summed E-state index contributed by atoms with van der Waals surface area (Å²) in [6.07, 6.45) is 4.93. The number of piperidine rings is 1. The normalized spacial score (nSPS) is 13.8. The number of aromatic nitrogens is 4. The van der Waals surface area contributed by atoms with Gasteiger partial charge in [-0.1, -0.05) is 24.3 Å². The summed E-state index contributed by atoms with van der Waals surface area (Å²) in [6.45, 7) is 2.00.